The van der Waals surface area contributed by atoms with E-state index < -0.39 is 48.6 Å². The Morgan fingerprint density at radius 3 is 1.60 bits per heavy atom. The quantitative estimate of drug-likeness (QED) is 0.0915. The molecule has 75 heavy (non-hydrogen) atoms. The van der Waals surface area contributed by atoms with Crippen LogP contribution in [0.3, 0.4) is 0 Å². The summed E-state index contributed by atoms with van der Waals surface area (Å²) in [6, 6.07) is 21.7. The van der Waals surface area contributed by atoms with Gasteiger partial charge in [0.05, 0.1) is 26.8 Å². The van der Waals surface area contributed by atoms with Crippen LogP contribution in [0.1, 0.15) is 34.0 Å². The number of likely N-dealkylation sites (N-methyl/N-ethyl adjacent to an activating group) is 1. The Kier molecular flexibility index (Phi) is 25.3. The Morgan fingerprint density at radius 2 is 1.11 bits per heavy atom. The second-order valence-electron chi connectivity index (χ2n) is 17.2. The van der Waals surface area contributed by atoms with Crippen molar-refractivity contribution in [2.45, 2.75) is 57.3 Å². The van der Waals surface area contributed by atoms with Crippen LogP contribution in [-0.4, -0.2) is 192 Å². The van der Waals surface area contributed by atoms with Crippen LogP contribution in [0.5, 0.6) is 0 Å². The molecule has 16 nitrogen and oxygen atoms in total. The molecule has 0 radical (unpaired) electrons. The van der Waals surface area contributed by atoms with Gasteiger partial charge in [-0.25, -0.2) is 23.6 Å². The van der Waals surface area contributed by atoms with Crippen LogP contribution in [0.25, 0.3) is 11.1 Å². The van der Waals surface area contributed by atoms with Crippen molar-refractivity contribution >= 4 is 29.8 Å². The van der Waals surface area contributed by atoms with Gasteiger partial charge in [0.1, 0.15) is 18.9 Å². The van der Waals surface area contributed by atoms with Gasteiger partial charge < -0.3 is 40.3 Å². The Hall–Kier alpha value is -6.14. The van der Waals surface area contributed by atoms with Gasteiger partial charge in [0.15, 0.2) is 0 Å². The summed E-state index contributed by atoms with van der Waals surface area (Å²) in [7, 11) is 2.36. The molecule has 0 saturated carbocycles. The zero-order valence-electron chi connectivity index (χ0n) is 40.2. The number of quaternary nitrogens is 1. The van der Waals surface area contributed by atoms with Crippen LogP contribution in [0.15, 0.2) is 66.7 Å². The Bertz CT molecular complexity index is 2230. The molecule has 3 fully saturated rings. The zero-order valence-corrected chi connectivity index (χ0v) is 40.2. The van der Waals surface area contributed by atoms with Crippen molar-refractivity contribution in [2.75, 3.05) is 92.3 Å². The highest BCUT2D eigenvalue weighted by molar-refractivity contribution is 5.94. The predicted octanol–water partition coefficient (Wildman–Crippen LogP) is 6.34. The number of carbonyl (C=O) groups is 5. The second kappa shape index (κ2) is 29.2. The highest BCUT2D eigenvalue weighted by Crippen LogP contribution is 2.26. The first-order valence-electron chi connectivity index (χ1n) is 22.4. The molecule has 6 N–H and O–H groups in total. The molecule has 1 amide bonds. The van der Waals surface area contributed by atoms with E-state index in [-0.39, 0.29) is 11.7 Å². The van der Waals surface area contributed by atoms with E-state index in [1.165, 1.54) is 18.2 Å². The van der Waals surface area contributed by atoms with Gasteiger partial charge in [0.25, 0.3) is 5.91 Å². The normalized spacial score (nSPS) is 17.4. The highest BCUT2D eigenvalue weighted by atomic mass is 19.4. The van der Waals surface area contributed by atoms with Gasteiger partial charge in [-0.3, -0.25) is 19.5 Å². The first-order chi connectivity index (χ1) is 34.6. The van der Waals surface area contributed by atoms with E-state index in [0.717, 1.165) is 113 Å². The maximum absolute atomic E-state index is 15.0. The fourth-order valence-electron chi connectivity index (χ4n) is 7.07. The third-order valence-corrected chi connectivity index (χ3v) is 11.1. The number of morpholine rings is 1. The number of hydrogen-bond donors (Lipinski definition) is 6. The minimum atomic E-state index is -5.08. The predicted molar refractivity (Wildman–Crippen MR) is 240 cm³/mol. The smallest absolute Gasteiger partial charge is 0.475 e. The van der Waals surface area contributed by atoms with Crippen molar-refractivity contribution in [3.05, 3.63) is 94.8 Å². The van der Waals surface area contributed by atoms with Crippen LogP contribution >= 0.6 is 0 Å². The number of rotatable bonds is 11. The summed E-state index contributed by atoms with van der Waals surface area (Å²) in [6.07, 6.45) is -20.3. The van der Waals surface area contributed by atoms with E-state index in [1.807, 2.05) is 36.4 Å². The standard InChI is InChI=1S/C38H51FN6O2.4C2HF3O2/c1-30-27-44(12-11-40-30)29-32-5-3-7-34(23-32)36-25-31(9-10-37(36)39)26-41-38(46)35-8-4-6-33(24-35)28-43-15-13-42(14-16-43)17-18-45(2)19-21-47-22-20-45;4*3-2(4,5)1(6)7/h3-10,23-25,30,40H,11-22,26-29H2,1-2H3;4*(H,6,7)/p+1/t30-;;;;/m0..../s1. The Morgan fingerprint density at radius 1 is 0.640 bits per heavy atom. The molecule has 420 valence electrons. The number of amides is 1. The molecule has 29 heteroatoms. The third kappa shape index (κ3) is 25.3. The van der Waals surface area contributed by atoms with E-state index in [4.69, 9.17) is 44.3 Å². The SMILES string of the molecule is C[C@H]1CN(Cc2cccc(-c3cc(CNC(=O)c4cccc(CN5CCN(CC[N+]6(C)CCOCC6)CC5)c4)ccc3F)c2)CCN1.O=C(O)C(F)(F)F.O=C(O)C(F)(F)F.O=C(O)C(F)(F)F.O=C(O)C(F)(F)F. The van der Waals surface area contributed by atoms with Gasteiger partial charge in [0.2, 0.25) is 0 Å². The highest BCUT2D eigenvalue weighted by Gasteiger charge is 2.40. The van der Waals surface area contributed by atoms with Gasteiger partial charge >= 0.3 is 48.6 Å². The van der Waals surface area contributed by atoms with Crippen molar-refractivity contribution in [3.63, 3.8) is 0 Å². The molecule has 1 atom stereocenters. The number of alkyl halides is 12. The molecule has 0 spiro atoms. The lowest BCUT2D eigenvalue weighted by atomic mass is 10.00. The summed E-state index contributed by atoms with van der Waals surface area (Å²) < 4.78 is 149. The van der Waals surface area contributed by atoms with Crippen LogP contribution < -0.4 is 10.6 Å². The molecule has 3 aliphatic rings. The summed E-state index contributed by atoms with van der Waals surface area (Å²) in [4.78, 5) is 56.3. The summed E-state index contributed by atoms with van der Waals surface area (Å²) in [5, 5.41) is 35.0. The maximum atomic E-state index is 15.0. The summed E-state index contributed by atoms with van der Waals surface area (Å²) in [5.74, 6) is -11.4. The molecule has 0 unspecified atom stereocenters. The third-order valence-electron chi connectivity index (χ3n) is 11.1. The van der Waals surface area contributed by atoms with Crippen LogP contribution in [0.2, 0.25) is 0 Å². The molecule has 0 bridgehead atoms. The number of carboxylic acid groups (broad SMARTS) is 4. The van der Waals surface area contributed by atoms with Crippen molar-refractivity contribution in [1.82, 2.24) is 25.3 Å². The fraction of sp³-hybridized carbons (Fsp3) is 0.500. The number of benzene rings is 3. The van der Waals surface area contributed by atoms with Gasteiger partial charge in [-0.1, -0.05) is 36.4 Å². The Balaban J connectivity index is 0.000000560. The number of hydrogen-bond acceptors (Lipinski definition) is 10. The molecule has 3 aliphatic heterocycles. The zero-order chi connectivity index (χ0) is 57.0. The van der Waals surface area contributed by atoms with Crippen molar-refractivity contribution in [1.29, 1.82) is 0 Å². The van der Waals surface area contributed by atoms with E-state index in [1.54, 1.807) is 6.07 Å². The molecule has 6 rings (SSSR count). The van der Waals surface area contributed by atoms with Gasteiger partial charge in [-0.15, -0.1) is 0 Å². The Labute approximate surface area is 420 Å². The van der Waals surface area contributed by atoms with E-state index in [9.17, 15) is 57.5 Å². The topological polar surface area (TPSA) is 209 Å². The first-order valence-corrected chi connectivity index (χ1v) is 22.4. The number of nitrogens with zero attached hydrogens (tertiary/aromatic N) is 4. The number of nitrogens with one attached hydrogen (secondary N) is 2. The average molecular weight is 1100 g/mol. The van der Waals surface area contributed by atoms with Gasteiger partial charge in [-0.2, -0.15) is 52.7 Å². The van der Waals surface area contributed by atoms with Crippen LogP contribution in [-0.2, 0) is 43.5 Å². The largest absolute Gasteiger partial charge is 0.490 e. The fourth-order valence-corrected chi connectivity index (χ4v) is 7.07. The molecular weight excluding hydrogens is 1040 g/mol. The van der Waals surface area contributed by atoms with Gasteiger partial charge in [0, 0.05) is 89.2 Å². The molecule has 0 aromatic heterocycles. The molecule has 0 aliphatic carbocycles. The number of carbonyl (C=O) groups excluding carboxylic acids is 1. The minimum Gasteiger partial charge on any atom is -0.475 e. The minimum absolute atomic E-state index is 0.116. The average Bonchev–Trinajstić information content (AvgIpc) is 3.31. The summed E-state index contributed by atoms with van der Waals surface area (Å²) in [5.41, 5.74) is 5.27. The lowest BCUT2D eigenvalue weighted by molar-refractivity contribution is -0.916. The maximum Gasteiger partial charge on any atom is 0.490 e. The first kappa shape index (κ1) is 65.0. The van der Waals surface area contributed by atoms with Crippen molar-refractivity contribution in [2.24, 2.45) is 0 Å². The number of carboxylic acids is 4. The molecule has 3 heterocycles. The van der Waals surface area contributed by atoms with Crippen LogP contribution in [0, 0.1) is 5.82 Å². The molecular formula is C46H56F13N6O10+. The van der Waals surface area contributed by atoms with Crippen molar-refractivity contribution in [3.8, 4) is 11.1 Å². The molecule has 3 aromatic carbocycles. The van der Waals surface area contributed by atoms with Gasteiger partial charge in [-0.05, 0) is 59.5 Å². The summed E-state index contributed by atoms with van der Waals surface area (Å²) >= 11 is 0. The number of ether oxygens (including phenoxy) is 1. The van der Waals surface area contributed by atoms with Crippen LogP contribution in [0.4, 0.5) is 57.1 Å². The number of halogens is 13. The van der Waals surface area contributed by atoms with E-state index >= 15 is 4.39 Å². The lowest BCUT2D eigenvalue weighted by Gasteiger charge is -2.40. The lowest BCUT2D eigenvalue weighted by Crippen LogP contribution is -2.56. The second-order valence-corrected chi connectivity index (χ2v) is 17.2. The van der Waals surface area contributed by atoms with E-state index in [2.05, 4.69) is 57.5 Å². The van der Waals surface area contributed by atoms with E-state index in [0.29, 0.717) is 23.7 Å². The number of aliphatic carboxylic acids is 4. The number of piperazine rings is 2. The van der Waals surface area contributed by atoms with Crippen molar-refractivity contribution < 1.29 is 111 Å². The monoisotopic (exact) mass is 1100 g/mol. The molecule has 3 aromatic rings. The molecule has 3 saturated heterocycles. The summed E-state index contributed by atoms with van der Waals surface area (Å²) in [6.45, 7) is 17.8.